The van der Waals surface area contributed by atoms with Gasteiger partial charge in [0.15, 0.2) is 0 Å². The third-order valence-corrected chi connectivity index (χ3v) is 4.27. The van der Waals surface area contributed by atoms with E-state index in [9.17, 15) is 9.59 Å². The van der Waals surface area contributed by atoms with Gasteiger partial charge in [-0.15, -0.1) is 0 Å². The van der Waals surface area contributed by atoms with Crippen molar-refractivity contribution in [2.45, 2.75) is 44.9 Å². The van der Waals surface area contributed by atoms with E-state index < -0.39 is 0 Å². The lowest BCUT2D eigenvalue weighted by molar-refractivity contribution is -0.140. The van der Waals surface area contributed by atoms with Crippen LogP contribution in [0.3, 0.4) is 0 Å². The van der Waals surface area contributed by atoms with Gasteiger partial charge in [-0.3, -0.25) is 15.0 Å². The van der Waals surface area contributed by atoms with Gasteiger partial charge in [-0.1, -0.05) is 19.3 Å². The number of likely N-dealkylation sites (tertiary alicyclic amines) is 1. The van der Waals surface area contributed by atoms with Crippen molar-refractivity contribution >= 4 is 11.8 Å². The van der Waals surface area contributed by atoms with E-state index in [-0.39, 0.29) is 17.7 Å². The van der Waals surface area contributed by atoms with Crippen LogP contribution in [-0.4, -0.2) is 29.8 Å². The van der Waals surface area contributed by atoms with Crippen LogP contribution in [0.1, 0.15) is 44.9 Å². The summed E-state index contributed by atoms with van der Waals surface area (Å²) < 4.78 is 0. The highest BCUT2D eigenvalue weighted by Crippen LogP contribution is 2.27. The smallest absolute Gasteiger partial charge is 0.237 e. The fourth-order valence-corrected chi connectivity index (χ4v) is 3.09. The Hall–Kier alpha value is -1.10. The van der Waals surface area contributed by atoms with Crippen LogP contribution in [0.2, 0.25) is 0 Å². The molecule has 0 bridgehead atoms. The maximum atomic E-state index is 12.3. The van der Waals surface area contributed by atoms with Gasteiger partial charge in [0, 0.05) is 24.9 Å². The average molecular weight is 253 g/mol. The predicted molar refractivity (Wildman–Crippen MR) is 68.2 cm³/mol. The molecule has 102 valence electrons. The molecule has 3 N–H and O–H groups in total. The summed E-state index contributed by atoms with van der Waals surface area (Å²) in [5.74, 6) is 5.56. The van der Waals surface area contributed by atoms with Gasteiger partial charge in [-0.25, -0.2) is 5.84 Å². The van der Waals surface area contributed by atoms with Gasteiger partial charge >= 0.3 is 0 Å². The van der Waals surface area contributed by atoms with Crippen LogP contribution in [-0.2, 0) is 9.59 Å². The Morgan fingerprint density at radius 2 is 1.56 bits per heavy atom. The molecule has 1 aliphatic heterocycles. The summed E-state index contributed by atoms with van der Waals surface area (Å²) in [4.78, 5) is 25.6. The van der Waals surface area contributed by atoms with E-state index in [1.54, 1.807) is 0 Å². The fraction of sp³-hybridized carbons (Fsp3) is 0.846. The van der Waals surface area contributed by atoms with Crippen molar-refractivity contribution < 1.29 is 9.59 Å². The Kier molecular flexibility index (Phi) is 4.58. The Labute approximate surface area is 108 Å². The summed E-state index contributed by atoms with van der Waals surface area (Å²) in [6.45, 7) is 1.40. The van der Waals surface area contributed by atoms with Gasteiger partial charge in [0.25, 0.3) is 0 Å². The SMILES string of the molecule is NNC(=O)C1CCN(C(=O)C2CCCCC2)CC1. The van der Waals surface area contributed by atoms with Crippen LogP contribution in [0, 0.1) is 11.8 Å². The normalized spacial score (nSPS) is 22.8. The van der Waals surface area contributed by atoms with Crippen LogP contribution < -0.4 is 11.3 Å². The summed E-state index contributed by atoms with van der Waals surface area (Å²) in [5, 5.41) is 0. The van der Waals surface area contributed by atoms with Crippen molar-refractivity contribution in [2.24, 2.45) is 17.7 Å². The van der Waals surface area contributed by atoms with E-state index >= 15 is 0 Å². The Morgan fingerprint density at radius 3 is 2.11 bits per heavy atom. The van der Waals surface area contributed by atoms with Gasteiger partial charge in [-0.2, -0.15) is 0 Å². The van der Waals surface area contributed by atoms with Crippen molar-refractivity contribution in [3.63, 3.8) is 0 Å². The highest BCUT2D eigenvalue weighted by molar-refractivity contribution is 5.80. The van der Waals surface area contributed by atoms with Gasteiger partial charge in [-0.05, 0) is 25.7 Å². The van der Waals surface area contributed by atoms with E-state index in [0.29, 0.717) is 19.0 Å². The van der Waals surface area contributed by atoms with Crippen molar-refractivity contribution in [2.75, 3.05) is 13.1 Å². The van der Waals surface area contributed by atoms with Crippen LogP contribution in [0.4, 0.5) is 0 Å². The topological polar surface area (TPSA) is 75.4 Å². The molecule has 1 saturated carbocycles. The number of nitrogens with two attached hydrogens (primary N) is 1. The zero-order chi connectivity index (χ0) is 13.0. The zero-order valence-electron chi connectivity index (χ0n) is 10.9. The number of hydrogen-bond donors (Lipinski definition) is 2. The van der Waals surface area contributed by atoms with Crippen LogP contribution >= 0.6 is 0 Å². The molecule has 1 aliphatic carbocycles. The Bertz CT molecular complexity index is 305. The summed E-state index contributed by atoms with van der Waals surface area (Å²) in [6, 6.07) is 0. The Morgan fingerprint density at radius 1 is 0.944 bits per heavy atom. The van der Waals surface area contributed by atoms with E-state index in [0.717, 1.165) is 25.7 Å². The summed E-state index contributed by atoms with van der Waals surface area (Å²) in [7, 11) is 0. The first-order chi connectivity index (χ1) is 8.72. The second-order valence-corrected chi connectivity index (χ2v) is 5.44. The van der Waals surface area contributed by atoms with E-state index in [4.69, 9.17) is 5.84 Å². The molecule has 0 unspecified atom stereocenters. The van der Waals surface area contributed by atoms with Crippen LogP contribution in [0.5, 0.6) is 0 Å². The molecule has 0 aromatic carbocycles. The van der Waals surface area contributed by atoms with Crippen molar-refractivity contribution in [1.82, 2.24) is 10.3 Å². The van der Waals surface area contributed by atoms with Crippen molar-refractivity contribution in [3.05, 3.63) is 0 Å². The molecule has 0 atom stereocenters. The lowest BCUT2D eigenvalue weighted by Gasteiger charge is -2.34. The molecule has 0 aromatic rings. The largest absolute Gasteiger partial charge is 0.342 e. The molecule has 0 radical (unpaired) electrons. The quantitative estimate of drug-likeness (QED) is 0.434. The minimum absolute atomic E-state index is 0.0228. The summed E-state index contributed by atoms with van der Waals surface area (Å²) >= 11 is 0. The predicted octanol–water partition coefficient (Wildman–Crippen LogP) is 0.795. The van der Waals surface area contributed by atoms with Crippen LogP contribution in [0.15, 0.2) is 0 Å². The number of carbonyl (C=O) groups is 2. The minimum atomic E-state index is -0.0974. The number of piperidine rings is 1. The number of nitrogens with one attached hydrogen (secondary N) is 1. The number of amides is 2. The van der Waals surface area contributed by atoms with Crippen molar-refractivity contribution in [3.8, 4) is 0 Å². The molecule has 2 amide bonds. The van der Waals surface area contributed by atoms with Gasteiger partial charge in [0.05, 0.1) is 0 Å². The molecule has 2 aliphatic rings. The van der Waals surface area contributed by atoms with Crippen molar-refractivity contribution in [1.29, 1.82) is 0 Å². The van der Waals surface area contributed by atoms with E-state index in [1.165, 1.54) is 19.3 Å². The number of carbonyl (C=O) groups excluding carboxylic acids is 2. The zero-order valence-corrected chi connectivity index (χ0v) is 10.9. The molecule has 2 rings (SSSR count). The molecule has 5 heteroatoms. The second kappa shape index (κ2) is 6.18. The number of hydrazine groups is 1. The molecule has 0 spiro atoms. The standard InChI is InChI=1S/C13H23N3O2/c14-15-12(17)10-6-8-16(9-7-10)13(18)11-4-2-1-3-5-11/h10-11H,1-9,14H2,(H,15,17). The summed E-state index contributed by atoms with van der Waals surface area (Å²) in [6.07, 6.45) is 7.19. The number of rotatable bonds is 2. The van der Waals surface area contributed by atoms with Gasteiger partial charge in [0.2, 0.25) is 11.8 Å². The Balaban J connectivity index is 1.81. The first-order valence-electron chi connectivity index (χ1n) is 7.01. The number of hydrogen-bond acceptors (Lipinski definition) is 3. The highest BCUT2D eigenvalue weighted by Gasteiger charge is 2.30. The molecule has 1 saturated heterocycles. The molecule has 0 aromatic heterocycles. The third kappa shape index (κ3) is 3.02. The third-order valence-electron chi connectivity index (χ3n) is 4.27. The lowest BCUT2D eigenvalue weighted by atomic mass is 9.87. The lowest BCUT2D eigenvalue weighted by Crippen LogP contribution is -2.46. The first-order valence-corrected chi connectivity index (χ1v) is 7.01. The van der Waals surface area contributed by atoms with Gasteiger partial charge < -0.3 is 4.90 Å². The van der Waals surface area contributed by atoms with E-state index in [1.807, 2.05) is 4.90 Å². The molecule has 1 heterocycles. The molecule has 5 nitrogen and oxygen atoms in total. The molecule has 18 heavy (non-hydrogen) atoms. The fourth-order valence-electron chi connectivity index (χ4n) is 3.09. The molecular formula is C13H23N3O2. The maximum Gasteiger partial charge on any atom is 0.237 e. The highest BCUT2D eigenvalue weighted by atomic mass is 16.2. The monoisotopic (exact) mass is 253 g/mol. The van der Waals surface area contributed by atoms with E-state index in [2.05, 4.69) is 5.43 Å². The minimum Gasteiger partial charge on any atom is -0.342 e. The maximum absolute atomic E-state index is 12.3. The van der Waals surface area contributed by atoms with Crippen LogP contribution in [0.25, 0.3) is 0 Å². The molecule has 2 fully saturated rings. The number of nitrogens with zero attached hydrogens (tertiary/aromatic N) is 1. The first kappa shape index (κ1) is 13.3. The molecular weight excluding hydrogens is 230 g/mol. The second-order valence-electron chi connectivity index (χ2n) is 5.44. The van der Waals surface area contributed by atoms with Gasteiger partial charge in [0.1, 0.15) is 0 Å². The average Bonchev–Trinajstić information content (AvgIpc) is 2.47. The summed E-state index contributed by atoms with van der Waals surface area (Å²) in [5.41, 5.74) is 2.20.